The number of aliphatic carboxylic acids is 1. The van der Waals surface area contributed by atoms with Crippen LogP contribution in [-0.2, 0) is 52.8 Å². The number of rotatable bonds is 10. The largest absolute Gasteiger partial charge is 0.481 e. The Hall–Kier alpha value is -11.0. The van der Waals surface area contributed by atoms with Crippen LogP contribution in [0, 0.1) is 42.4 Å². The van der Waals surface area contributed by atoms with E-state index in [2.05, 4.69) is 59.7 Å². The van der Waals surface area contributed by atoms with Gasteiger partial charge in [0.2, 0.25) is 17.7 Å². The van der Waals surface area contributed by atoms with Gasteiger partial charge in [-0.3, -0.25) is 48.1 Å². The Morgan fingerprint density at radius 1 is 0.506 bits per heavy atom. The molecule has 3 aromatic heterocycles. The van der Waals surface area contributed by atoms with Crippen molar-refractivity contribution >= 4 is 85.0 Å². The second-order valence-electron chi connectivity index (χ2n) is 21.9. The van der Waals surface area contributed by atoms with Crippen molar-refractivity contribution < 1.29 is 38.6 Å². The number of H-pyrrole nitrogens is 3. The van der Waals surface area contributed by atoms with Gasteiger partial charge in [0, 0.05) is 46.8 Å². The van der Waals surface area contributed by atoms with Crippen molar-refractivity contribution in [1.82, 2.24) is 30.6 Å². The number of cyclic esters (lactones) is 2. The molecule has 5 fully saturated rings. The fourth-order valence-corrected chi connectivity index (χ4v) is 10.7. The SMILES string of the molecule is Cc1ccccc1.Nc1cccc(Cc2n[nH]c(=O)c3ccccc23)c1.O=C(O)C1CC1C(=O)Nc1cccc(Cc2n[nH]c(=O)c3ccccc23)c1.O=C1C2CC2C(=O)N1c1cccc(Cc2n[nH]c(=O)c3ccccc23)c1.O=C1OC(=O)C2CC12. The van der Waals surface area contributed by atoms with E-state index in [-0.39, 0.29) is 70.0 Å². The first kappa shape index (κ1) is 57.8. The van der Waals surface area contributed by atoms with Crippen LogP contribution in [0.2, 0.25) is 0 Å². The fourth-order valence-electron chi connectivity index (χ4n) is 10.7. The number of aromatic amines is 3. The van der Waals surface area contributed by atoms with E-state index in [1.165, 1.54) is 10.5 Å². The highest BCUT2D eigenvalue weighted by molar-refractivity contribution is 6.24. The minimum atomic E-state index is -0.931. The van der Waals surface area contributed by atoms with Crippen molar-refractivity contribution in [2.75, 3.05) is 16.0 Å². The molecule has 20 heteroatoms. The fraction of sp³-hybridized carbons (Fsp3) is 0.194. The molecule has 5 aliphatic rings. The van der Waals surface area contributed by atoms with Gasteiger partial charge in [0.05, 0.1) is 74.4 Å². The van der Waals surface area contributed by atoms with Crippen molar-refractivity contribution in [2.24, 2.45) is 35.5 Å². The van der Waals surface area contributed by atoms with Gasteiger partial charge in [-0.15, -0.1) is 0 Å². The number of carbonyl (C=O) groups excluding carboxylic acids is 5. The Balaban J connectivity index is 0.000000121. The van der Waals surface area contributed by atoms with E-state index >= 15 is 0 Å². The van der Waals surface area contributed by atoms with Crippen LogP contribution in [0.5, 0.6) is 0 Å². The third-order valence-corrected chi connectivity index (χ3v) is 15.6. The Kier molecular flexibility index (Phi) is 16.6. The molecule has 2 aliphatic heterocycles. The highest BCUT2D eigenvalue weighted by Gasteiger charge is 2.59. The number of nitrogens with one attached hydrogen (secondary N) is 4. The lowest BCUT2D eigenvalue weighted by atomic mass is 10.0. The van der Waals surface area contributed by atoms with Crippen molar-refractivity contribution in [2.45, 2.75) is 45.4 Å². The third-order valence-electron chi connectivity index (χ3n) is 15.6. The van der Waals surface area contributed by atoms with Crippen LogP contribution in [-0.4, -0.2) is 71.3 Å². The first-order valence-corrected chi connectivity index (χ1v) is 28.2. The molecule has 7 N–H and O–H groups in total. The Morgan fingerprint density at radius 2 is 0.931 bits per heavy atom. The number of hydrogen-bond donors (Lipinski definition) is 6. The number of nitrogens with zero attached hydrogens (tertiary/aromatic N) is 4. The van der Waals surface area contributed by atoms with Crippen LogP contribution < -0.4 is 32.6 Å². The molecule has 5 heterocycles. The van der Waals surface area contributed by atoms with Crippen LogP contribution in [0.4, 0.5) is 17.1 Å². The van der Waals surface area contributed by atoms with Crippen molar-refractivity contribution in [3.8, 4) is 0 Å². The zero-order valence-electron chi connectivity index (χ0n) is 46.8. The number of anilines is 3. The smallest absolute Gasteiger partial charge is 0.317 e. The summed E-state index contributed by atoms with van der Waals surface area (Å²) in [5.41, 5.74) is 13.7. The molecular formula is C67H57N9O11. The Bertz CT molecular complexity index is 4490. The van der Waals surface area contributed by atoms with Crippen molar-refractivity contribution in [1.29, 1.82) is 0 Å². The van der Waals surface area contributed by atoms with Crippen LogP contribution in [0.25, 0.3) is 32.3 Å². The van der Waals surface area contributed by atoms with E-state index in [1.54, 1.807) is 36.4 Å². The number of benzene rings is 7. The maximum absolute atomic E-state index is 12.3. The number of piperidine rings is 1. The number of carboxylic acid groups (broad SMARTS) is 1. The molecule has 87 heavy (non-hydrogen) atoms. The first-order chi connectivity index (χ1) is 42.1. The van der Waals surface area contributed by atoms with E-state index in [4.69, 9.17) is 10.8 Å². The average molecular weight is 1160 g/mol. The van der Waals surface area contributed by atoms with Gasteiger partial charge in [0.25, 0.3) is 16.7 Å². The minimum Gasteiger partial charge on any atom is -0.481 e. The van der Waals surface area contributed by atoms with Gasteiger partial charge < -0.3 is 20.9 Å². The summed E-state index contributed by atoms with van der Waals surface area (Å²) in [5, 5.41) is 36.1. The maximum Gasteiger partial charge on any atom is 0.317 e. The van der Waals surface area contributed by atoms with E-state index in [0.29, 0.717) is 59.6 Å². The maximum atomic E-state index is 12.3. The highest BCUT2D eigenvalue weighted by atomic mass is 16.6. The highest BCUT2D eigenvalue weighted by Crippen LogP contribution is 2.48. The van der Waals surface area contributed by atoms with Gasteiger partial charge in [-0.1, -0.05) is 127 Å². The van der Waals surface area contributed by atoms with Crippen LogP contribution in [0.1, 0.15) is 58.6 Å². The van der Waals surface area contributed by atoms with Crippen LogP contribution in [0.3, 0.4) is 0 Å². The molecule has 3 amide bonds. The molecule has 6 atom stereocenters. The second kappa shape index (κ2) is 25.1. The van der Waals surface area contributed by atoms with Gasteiger partial charge in [0.1, 0.15) is 0 Å². The number of fused-ring (bicyclic) bond motifs is 5. The van der Waals surface area contributed by atoms with E-state index < -0.39 is 17.8 Å². The molecule has 2 saturated heterocycles. The Morgan fingerprint density at radius 3 is 1.34 bits per heavy atom. The monoisotopic (exact) mass is 1160 g/mol. The summed E-state index contributed by atoms with van der Waals surface area (Å²) < 4.78 is 4.25. The number of hydrogen-bond acceptors (Lipinski definition) is 14. The van der Waals surface area contributed by atoms with Gasteiger partial charge >= 0.3 is 17.9 Å². The van der Waals surface area contributed by atoms with Crippen molar-refractivity contribution in [3.63, 3.8) is 0 Å². The number of esters is 2. The summed E-state index contributed by atoms with van der Waals surface area (Å²) in [7, 11) is 0. The molecule has 436 valence electrons. The number of nitrogen functional groups attached to an aromatic ring is 1. The normalized spacial score (nSPS) is 18.9. The zero-order chi connectivity index (χ0) is 60.9. The molecule has 10 aromatic rings. The average Bonchev–Trinajstić information content (AvgIpc) is 1.67. The number of imide groups is 1. The van der Waals surface area contributed by atoms with Crippen molar-refractivity contribution in [3.05, 3.63) is 246 Å². The Labute approximate surface area is 495 Å². The summed E-state index contributed by atoms with van der Waals surface area (Å²) in [6.07, 6.45) is 3.44. The predicted octanol–water partition coefficient (Wildman–Crippen LogP) is 7.99. The zero-order valence-corrected chi connectivity index (χ0v) is 46.8. The molecule has 0 spiro atoms. The lowest BCUT2D eigenvalue weighted by Gasteiger charge is -2.17. The summed E-state index contributed by atoms with van der Waals surface area (Å²) in [6.45, 7) is 2.08. The summed E-state index contributed by atoms with van der Waals surface area (Å²) in [4.78, 5) is 105. The lowest BCUT2D eigenvalue weighted by Crippen LogP contribution is -2.32. The molecular weight excluding hydrogens is 1110 g/mol. The second-order valence-corrected chi connectivity index (χ2v) is 21.9. The molecule has 0 radical (unpaired) electrons. The lowest BCUT2D eigenvalue weighted by molar-refractivity contribution is -0.155. The summed E-state index contributed by atoms with van der Waals surface area (Å²) in [5.74, 6) is -3.40. The number of ether oxygens (including phenoxy) is 1. The molecule has 20 nitrogen and oxygen atoms in total. The van der Waals surface area contributed by atoms with E-state index in [1.807, 2.05) is 127 Å². The number of carboxylic acids is 1. The van der Waals surface area contributed by atoms with E-state index in [0.717, 1.165) is 62.0 Å². The number of amides is 3. The molecule has 6 unspecified atom stereocenters. The molecule has 15 rings (SSSR count). The summed E-state index contributed by atoms with van der Waals surface area (Å²) >= 11 is 0. The third kappa shape index (κ3) is 13.3. The number of nitrogens with two attached hydrogens (primary N) is 1. The molecule has 3 aliphatic carbocycles. The first-order valence-electron chi connectivity index (χ1n) is 28.2. The molecule has 7 aromatic carbocycles. The van der Waals surface area contributed by atoms with E-state index in [9.17, 15) is 43.2 Å². The standard InChI is InChI=1S/C20H17N3O4.C20H15N3O3.C15H13N3O.C7H8.C5H4O3/c24-18(15-10-16(15)20(26)27)21-12-5-3-4-11(8-12)9-17-13-6-1-2-7-14(13)19(25)23-22-17;24-18-14-7-2-1-6-13(14)17(21-22-18)9-11-4-3-5-12(8-11)23-19(25)15-10-16(15)20(23)26;16-11-5-3-4-10(8-11)9-14-12-6-1-2-7-13(12)15(19)18-17-14;1-7-5-3-2-4-6-7;6-4-2-1-3(2)5(7)8-4/h1-8,15-16H,9-10H2,(H,21,24)(H,23,25)(H,26,27);1-8,15-16H,9-10H2,(H,22,24);1-8H,9,16H2,(H,18,19);2-6H,1H3;2-3H,1H2. The molecule has 3 saturated carbocycles. The summed E-state index contributed by atoms with van der Waals surface area (Å²) in [6, 6.07) is 54.7. The van der Waals surface area contributed by atoms with Crippen LogP contribution in [0.15, 0.2) is 190 Å². The number of aromatic nitrogens is 6. The quantitative estimate of drug-likeness (QED) is 0.0327. The van der Waals surface area contributed by atoms with Gasteiger partial charge in [0.15, 0.2) is 0 Å². The van der Waals surface area contributed by atoms with Gasteiger partial charge in [-0.2, -0.15) is 15.3 Å². The van der Waals surface area contributed by atoms with Crippen LogP contribution >= 0.6 is 0 Å². The topological polar surface area (TPSA) is 310 Å². The number of aryl methyl sites for hydroxylation is 1. The number of carbonyl (C=O) groups is 6. The minimum absolute atomic E-state index is 0.0532. The van der Waals surface area contributed by atoms with Gasteiger partial charge in [-0.25, -0.2) is 15.3 Å². The predicted molar refractivity (Wildman–Crippen MR) is 325 cm³/mol. The molecule has 0 bridgehead atoms. The van der Waals surface area contributed by atoms with Gasteiger partial charge in [-0.05, 0) is 97.5 Å².